The predicted octanol–water partition coefficient (Wildman–Crippen LogP) is 2.19. The number of nitrogens with two attached hydrogens (primary N) is 1. The SMILES string of the molecule is Cc1cc2c(cc1C)OC(C(=O)N1CCC(C(C)N)CC1)C2. The highest BCUT2D eigenvalue weighted by atomic mass is 16.5. The van der Waals surface area contributed by atoms with Crippen LogP contribution in [0.3, 0.4) is 0 Å². The smallest absolute Gasteiger partial charge is 0.263 e. The van der Waals surface area contributed by atoms with Gasteiger partial charge < -0.3 is 15.4 Å². The van der Waals surface area contributed by atoms with Gasteiger partial charge in [-0.15, -0.1) is 0 Å². The van der Waals surface area contributed by atoms with Crippen molar-refractivity contribution < 1.29 is 9.53 Å². The number of rotatable bonds is 2. The summed E-state index contributed by atoms with van der Waals surface area (Å²) in [5.74, 6) is 1.55. The molecule has 2 heterocycles. The molecule has 2 unspecified atom stereocenters. The van der Waals surface area contributed by atoms with Gasteiger partial charge in [-0.2, -0.15) is 0 Å². The Morgan fingerprint density at radius 2 is 1.91 bits per heavy atom. The highest BCUT2D eigenvalue weighted by Crippen LogP contribution is 2.32. The number of carbonyl (C=O) groups excluding carboxylic acids is 1. The number of carbonyl (C=O) groups is 1. The number of fused-ring (bicyclic) bond motifs is 1. The van der Waals surface area contributed by atoms with Crippen molar-refractivity contribution in [1.29, 1.82) is 0 Å². The summed E-state index contributed by atoms with van der Waals surface area (Å²) in [6.45, 7) is 7.85. The first-order valence-electron chi connectivity index (χ1n) is 8.27. The van der Waals surface area contributed by atoms with Crippen LogP contribution in [0.5, 0.6) is 5.75 Å². The minimum atomic E-state index is -0.344. The first-order valence-corrected chi connectivity index (χ1v) is 8.27. The van der Waals surface area contributed by atoms with Gasteiger partial charge in [-0.3, -0.25) is 4.79 Å². The van der Waals surface area contributed by atoms with Crippen molar-refractivity contribution in [2.75, 3.05) is 13.1 Å². The first kappa shape index (κ1) is 15.3. The fourth-order valence-electron chi connectivity index (χ4n) is 3.50. The van der Waals surface area contributed by atoms with E-state index in [9.17, 15) is 4.79 Å². The van der Waals surface area contributed by atoms with E-state index in [2.05, 4.69) is 32.9 Å². The van der Waals surface area contributed by atoms with Gasteiger partial charge in [-0.05, 0) is 62.3 Å². The Balaban J connectivity index is 1.63. The molecule has 0 aromatic heterocycles. The Kier molecular flexibility index (Phi) is 4.13. The van der Waals surface area contributed by atoms with Crippen LogP contribution in [0.2, 0.25) is 0 Å². The zero-order valence-corrected chi connectivity index (χ0v) is 13.8. The highest BCUT2D eigenvalue weighted by Gasteiger charge is 2.34. The minimum absolute atomic E-state index is 0.134. The van der Waals surface area contributed by atoms with Crippen LogP contribution in [0.25, 0.3) is 0 Å². The molecule has 2 atom stereocenters. The molecule has 1 aromatic rings. The number of likely N-dealkylation sites (tertiary alicyclic amines) is 1. The van der Waals surface area contributed by atoms with Crippen molar-refractivity contribution in [2.24, 2.45) is 11.7 Å². The molecule has 0 bridgehead atoms. The molecule has 1 fully saturated rings. The molecule has 120 valence electrons. The lowest BCUT2D eigenvalue weighted by atomic mass is 9.90. The third kappa shape index (κ3) is 2.84. The number of amides is 1. The lowest BCUT2D eigenvalue weighted by molar-refractivity contribution is -0.139. The Labute approximate surface area is 132 Å². The summed E-state index contributed by atoms with van der Waals surface area (Å²) in [6, 6.07) is 4.43. The summed E-state index contributed by atoms with van der Waals surface area (Å²) in [5, 5.41) is 0. The Bertz CT molecular complexity index is 544. The van der Waals surface area contributed by atoms with E-state index in [4.69, 9.17) is 10.5 Å². The molecule has 2 aliphatic heterocycles. The molecule has 2 aliphatic rings. The van der Waals surface area contributed by atoms with Crippen molar-refractivity contribution in [3.63, 3.8) is 0 Å². The average Bonchev–Trinajstić information content (AvgIpc) is 2.90. The van der Waals surface area contributed by atoms with E-state index in [1.54, 1.807) is 0 Å². The van der Waals surface area contributed by atoms with E-state index in [1.807, 2.05) is 4.90 Å². The van der Waals surface area contributed by atoms with Crippen LogP contribution in [0.4, 0.5) is 0 Å². The second-order valence-electron chi connectivity index (χ2n) is 6.88. The Hall–Kier alpha value is -1.55. The molecular weight excluding hydrogens is 276 g/mol. The van der Waals surface area contributed by atoms with Crippen LogP contribution in [0.1, 0.15) is 36.5 Å². The third-order valence-electron chi connectivity index (χ3n) is 5.22. The van der Waals surface area contributed by atoms with Crippen molar-refractivity contribution in [1.82, 2.24) is 4.90 Å². The van der Waals surface area contributed by atoms with Gasteiger partial charge in [-0.1, -0.05) is 6.07 Å². The second-order valence-corrected chi connectivity index (χ2v) is 6.88. The molecule has 22 heavy (non-hydrogen) atoms. The lowest BCUT2D eigenvalue weighted by Crippen LogP contribution is -2.47. The molecule has 3 rings (SSSR count). The summed E-state index contributed by atoms with van der Waals surface area (Å²) in [6.07, 6.45) is 2.36. The standard InChI is InChI=1S/C18H26N2O2/c1-11-8-15-10-17(22-16(15)9-12(11)2)18(21)20-6-4-14(5-7-20)13(3)19/h8-9,13-14,17H,4-7,10,19H2,1-3H3. The molecule has 4 heteroatoms. The average molecular weight is 302 g/mol. The molecule has 1 amide bonds. The van der Waals surface area contributed by atoms with Gasteiger partial charge >= 0.3 is 0 Å². The minimum Gasteiger partial charge on any atom is -0.480 e. The number of hydrogen-bond acceptors (Lipinski definition) is 3. The maximum atomic E-state index is 12.7. The van der Waals surface area contributed by atoms with Gasteiger partial charge in [0.25, 0.3) is 5.91 Å². The van der Waals surface area contributed by atoms with Crippen molar-refractivity contribution in [3.05, 3.63) is 28.8 Å². The van der Waals surface area contributed by atoms with Gasteiger partial charge in [0.1, 0.15) is 5.75 Å². The predicted molar refractivity (Wildman–Crippen MR) is 87.0 cm³/mol. The van der Waals surface area contributed by atoms with Crippen molar-refractivity contribution in [3.8, 4) is 5.75 Å². The molecule has 4 nitrogen and oxygen atoms in total. The number of benzene rings is 1. The molecule has 1 aromatic carbocycles. The number of nitrogens with zero attached hydrogens (tertiary/aromatic N) is 1. The maximum Gasteiger partial charge on any atom is 0.263 e. The van der Waals surface area contributed by atoms with Crippen LogP contribution >= 0.6 is 0 Å². The van der Waals surface area contributed by atoms with Gasteiger partial charge in [-0.25, -0.2) is 0 Å². The summed E-state index contributed by atoms with van der Waals surface area (Å²) in [7, 11) is 0. The topological polar surface area (TPSA) is 55.6 Å². The summed E-state index contributed by atoms with van der Waals surface area (Å²) < 4.78 is 5.92. The fourth-order valence-corrected chi connectivity index (χ4v) is 3.50. The number of aryl methyl sites for hydroxylation is 2. The third-order valence-corrected chi connectivity index (χ3v) is 5.22. The van der Waals surface area contributed by atoms with Crippen LogP contribution in [-0.4, -0.2) is 36.0 Å². The van der Waals surface area contributed by atoms with Crippen LogP contribution in [0, 0.1) is 19.8 Å². The first-order chi connectivity index (χ1) is 10.5. The largest absolute Gasteiger partial charge is 0.480 e. The number of hydrogen-bond donors (Lipinski definition) is 1. The summed E-state index contributed by atoms with van der Waals surface area (Å²) in [5.41, 5.74) is 9.60. The lowest BCUT2D eigenvalue weighted by Gasteiger charge is -2.34. The van der Waals surface area contributed by atoms with E-state index < -0.39 is 0 Å². The van der Waals surface area contributed by atoms with Gasteiger partial charge in [0.15, 0.2) is 6.10 Å². The number of piperidine rings is 1. The van der Waals surface area contributed by atoms with Crippen LogP contribution in [0.15, 0.2) is 12.1 Å². The van der Waals surface area contributed by atoms with Gasteiger partial charge in [0, 0.05) is 25.6 Å². The van der Waals surface area contributed by atoms with E-state index >= 15 is 0 Å². The second kappa shape index (κ2) is 5.92. The zero-order valence-electron chi connectivity index (χ0n) is 13.8. The quantitative estimate of drug-likeness (QED) is 0.911. The Morgan fingerprint density at radius 1 is 1.27 bits per heavy atom. The monoisotopic (exact) mass is 302 g/mol. The van der Waals surface area contributed by atoms with Gasteiger partial charge in [0.2, 0.25) is 0 Å². The van der Waals surface area contributed by atoms with E-state index in [0.29, 0.717) is 12.3 Å². The maximum absolute atomic E-state index is 12.7. The molecule has 2 N–H and O–H groups in total. The van der Waals surface area contributed by atoms with E-state index in [-0.39, 0.29) is 18.1 Å². The van der Waals surface area contributed by atoms with E-state index in [1.165, 1.54) is 11.1 Å². The summed E-state index contributed by atoms with van der Waals surface area (Å²) in [4.78, 5) is 14.6. The van der Waals surface area contributed by atoms with Crippen molar-refractivity contribution >= 4 is 5.91 Å². The summed E-state index contributed by atoms with van der Waals surface area (Å²) >= 11 is 0. The van der Waals surface area contributed by atoms with Crippen molar-refractivity contribution in [2.45, 2.75) is 52.2 Å². The van der Waals surface area contributed by atoms with Crippen LogP contribution in [-0.2, 0) is 11.2 Å². The highest BCUT2D eigenvalue weighted by molar-refractivity contribution is 5.82. The molecule has 0 saturated carbocycles. The fraction of sp³-hybridized carbons (Fsp3) is 0.611. The Morgan fingerprint density at radius 3 is 2.55 bits per heavy atom. The molecule has 0 radical (unpaired) electrons. The van der Waals surface area contributed by atoms with E-state index in [0.717, 1.165) is 37.2 Å². The van der Waals surface area contributed by atoms with Crippen LogP contribution < -0.4 is 10.5 Å². The normalized spacial score (nSPS) is 23.1. The molecular formula is C18H26N2O2. The molecule has 1 saturated heterocycles. The zero-order chi connectivity index (χ0) is 15.9. The number of ether oxygens (including phenoxy) is 1. The van der Waals surface area contributed by atoms with Gasteiger partial charge in [0.05, 0.1) is 0 Å². The molecule has 0 spiro atoms. The molecule has 0 aliphatic carbocycles.